The molecule has 0 spiro atoms. The zero-order chi connectivity index (χ0) is 20.7. The van der Waals surface area contributed by atoms with E-state index >= 15 is 0 Å². The second kappa shape index (κ2) is 7.48. The Bertz CT molecular complexity index is 1210. The zero-order valence-electron chi connectivity index (χ0n) is 16.8. The van der Waals surface area contributed by atoms with E-state index in [1.165, 1.54) is 6.07 Å². The monoisotopic (exact) mass is 409 g/mol. The first kappa shape index (κ1) is 19.4. The van der Waals surface area contributed by atoms with Crippen LogP contribution in [0.5, 0.6) is 5.88 Å². The maximum atomic E-state index is 14.2. The van der Waals surface area contributed by atoms with Gasteiger partial charge in [0.15, 0.2) is 0 Å². The van der Waals surface area contributed by atoms with Gasteiger partial charge >= 0.3 is 0 Å². The van der Waals surface area contributed by atoms with E-state index in [9.17, 15) is 4.39 Å². The third kappa shape index (κ3) is 3.58. The van der Waals surface area contributed by atoms with Gasteiger partial charge in [-0.25, -0.2) is 13.9 Å². The standard InChI is InChI=1S/C23H21ClFN3O/c1-13-8-20-22(17-10-15(3)23(24)26-11-17)16(4)27-28(20)21(9-13)29-12-18-14(2)6-5-7-19(18)25/h5-11H,12H2,1-4H3. The normalized spacial score (nSPS) is 11.2. The highest BCUT2D eigenvalue weighted by Crippen LogP contribution is 2.33. The summed E-state index contributed by atoms with van der Waals surface area (Å²) in [6, 6.07) is 11.0. The van der Waals surface area contributed by atoms with Crippen LogP contribution in [0.15, 0.2) is 42.6 Å². The van der Waals surface area contributed by atoms with E-state index in [2.05, 4.69) is 16.1 Å². The van der Waals surface area contributed by atoms with Crippen molar-refractivity contribution in [3.63, 3.8) is 0 Å². The van der Waals surface area contributed by atoms with Crippen molar-refractivity contribution < 1.29 is 9.13 Å². The lowest BCUT2D eigenvalue weighted by atomic mass is 10.0. The summed E-state index contributed by atoms with van der Waals surface area (Å²) in [4.78, 5) is 4.28. The van der Waals surface area contributed by atoms with Crippen molar-refractivity contribution in [2.75, 3.05) is 0 Å². The van der Waals surface area contributed by atoms with Gasteiger partial charge in [0.2, 0.25) is 5.88 Å². The molecule has 0 bridgehead atoms. The van der Waals surface area contributed by atoms with E-state index in [1.54, 1.807) is 16.8 Å². The molecule has 4 aromatic rings. The van der Waals surface area contributed by atoms with Crippen molar-refractivity contribution in [1.82, 2.24) is 14.6 Å². The van der Waals surface area contributed by atoms with Gasteiger partial charge in [-0.3, -0.25) is 0 Å². The fourth-order valence-electron chi connectivity index (χ4n) is 3.51. The summed E-state index contributed by atoms with van der Waals surface area (Å²) in [5.41, 5.74) is 7.02. The van der Waals surface area contributed by atoms with Crippen LogP contribution < -0.4 is 4.74 Å². The molecule has 29 heavy (non-hydrogen) atoms. The van der Waals surface area contributed by atoms with Crippen LogP contribution in [-0.4, -0.2) is 14.6 Å². The maximum Gasteiger partial charge on any atom is 0.215 e. The minimum atomic E-state index is -0.269. The average Bonchev–Trinajstić information content (AvgIpc) is 2.99. The molecule has 1 aromatic carbocycles. The van der Waals surface area contributed by atoms with E-state index in [0.29, 0.717) is 16.6 Å². The molecule has 0 saturated heterocycles. The first-order chi connectivity index (χ1) is 13.8. The molecule has 4 nitrogen and oxygen atoms in total. The van der Waals surface area contributed by atoms with Crippen LogP contribution in [-0.2, 0) is 6.61 Å². The number of aryl methyl sites for hydroxylation is 4. The molecule has 0 unspecified atom stereocenters. The number of pyridine rings is 2. The Morgan fingerprint density at radius 2 is 1.86 bits per heavy atom. The Kier molecular flexibility index (Phi) is 5.01. The van der Waals surface area contributed by atoms with Crippen LogP contribution in [0.25, 0.3) is 16.6 Å². The summed E-state index contributed by atoms with van der Waals surface area (Å²) in [5, 5.41) is 5.17. The molecule has 3 heterocycles. The Hall–Kier alpha value is -2.92. The van der Waals surface area contributed by atoms with Gasteiger partial charge in [-0.2, -0.15) is 5.10 Å². The maximum absolute atomic E-state index is 14.2. The quantitative estimate of drug-likeness (QED) is 0.388. The number of hydrogen-bond donors (Lipinski definition) is 0. The predicted octanol–water partition coefficient (Wildman–Crippen LogP) is 6.00. The third-order valence-corrected chi connectivity index (χ3v) is 5.44. The molecule has 0 aliphatic rings. The van der Waals surface area contributed by atoms with Crippen molar-refractivity contribution in [3.05, 3.63) is 81.5 Å². The van der Waals surface area contributed by atoms with Gasteiger partial charge < -0.3 is 4.74 Å². The molecule has 0 fully saturated rings. The van der Waals surface area contributed by atoms with Crippen molar-refractivity contribution in [3.8, 4) is 17.0 Å². The Balaban J connectivity index is 1.79. The number of hydrogen-bond acceptors (Lipinski definition) is 3. The lowest BCUT2D eigenvalue weighted by Crippen LogP contribution is -2.05. The number of aromatic nitrogens is 3. The molecule has 0 N–H and O–H groups in total. The van der Waals surface area contributed by atoms with Gasteiger partial charge in [-0.1, -0.05) is 23.7 Å². The Morgan fingerprint density at radius 1 is 1.07 bits per heavy atom. The number of rotatable bonds is 4. The lowest BCUT2D eigenvalue weighted by molar-refractivity contribution is 0.279. The molecule has 0 aliphatic heterocycles. The molecule has 0 aliphatic carbocycles. The fraction of sp³-hybridized carbons (Fsp3) is 0.217. The Labute approximate surface area is 173 Å². The van der Waals surface area contributed by atoms with Gasteiger partial charge in [-0.05, 0) is 62.6 Å². The first-order valence-electron chi connectivity index (χ1n) is 9.34. The van der Waals surface area contributed by atoms with E-state index in [4.69, 9.17) is 16.3 Å². The summed E-state index contributed by atoms with van der Waals surface area (Å²) < 4.78 is 22.0. The Morgan fingerprint density at radius 3 is 2.59 bits per heavy atom. The van der Waals surface area contributed by atoms with Crippen molar-refractivity contribution in [2.24, 2.45) is 0 Å². The van der Waals surface area contributed by atoms with Crippen LogP contribution >= 0.6 is 11.6 Å². The predicted molar refractivity (Wildman–Crippen MR) is 113 cm³/mol. The third-order valence-electron chi connectivity index (χ3n) is 5.04. The molecule has 0 saturated carbocycles. The van der Waals surface area contributed by atoms with Gasteiger partial charge in [-0.15, -0.1) is 0 Å². The highest BCUT2D eigenvalue weighted by atomic mass is 35.5. The SMILES string of the molecule is Cc1cc(OCc2c(C)cccc2F)n2nc(C)c(-c3cnc(Cl)c(C)c3)c2c1. The van der Waals surface area contributed by atoms with Crippen molar-refractivity contribution in [1.29, 1.82) is 0 Å². The molecule has 6 heteroatoms. The molecular weight excluding hydrogens is 389 g/mol. The van der Waals surface area contributed by atoms with E-state index < -0.39 is 0 Å². The lowest BCUT2D eigenvalue weighted by Gasteiger charge is -2.12. The second-order valence-corrected chi connectivity index (χ2v) is 7.64. The second-order valence-electron chi connectivity index (χ2n) is 7.28. The van der Waals surface area contributed by atoms with E-state index in [0.717, 1.165) is 39.0 Å². The summed E-state index contributed by atoms with van der Waals surface area (Å²) in [7, 11) is 0. The van der Waals surface area contributed by atoms with E-state index in [1.807, 2.05) is 45.9 Å². The molecule has 148 valence electrons. The summed E-state index contributed by atoms with van der Waals surface area (Å²) in [6.07, 6.45) is 1.75. The topological polar surface area (TPSA) is 39.4 Å². The van der Waals surface area contributed by atoms with Gasteiger partial charge in [0.1, 0.15) is 17.6 Å². The minimum absolute atomic E-state index is 0.132. The molecule has 0 radical (unpaired) electrons. The van der Waals surface area contributed by atoms with Crippen LogP contribution in [0.4, 0.5) is 4.39 Å². The van der Waals surface area contributed by atoms with Crippen molar-refractivity contribution >= 4 is 17.1 Å². The molecule has 4 rings (SSSR count). The smallest absolute Gasteiger partial charge is 0.215 e. The van der Waals surface area contributed by atoms with Gasteiger partial charge in [0.25, 0.3) is 0 Å². The number of benzene rings is 1. The average molecular weight is 410 g/mol. The number of fused-ring (bicyclic) bond motifs is 1. The van der Waals surface area contributed by atoms with Crippen molar-refractivity contribution in [2.45, 2.75) is 34.3 Å². The zero-order valence-corrected chi connectivity index (χ0v) is 17.5. The minimum Gasteiger partial charge on any atom is -0.473 e. The summed E-state index contributed by atoms with van der Waals surface area (Å²) in [6.45, 7) is 7.88. The number of nitrogens with zero attached hydrogens (tertiary/aromatic N) is 3. The molecule has 0 atom stereocenters. The van der Waals surface area contributed by atoms with Crippen LogP contribution in [0.3, 0.4) is 0 Å². The van der Waals surface area contributed by atoms with Crippen LogP contribution in [0, 0.1) is 33.5 Å². The highest BCUT2D eigenvalue weighted by Gasteiger charge is 2.17. The van der Waals surface area contributed by atoms with E-state index in [-0.39, 0.29) is 12.4 Å². The fourth-order valence-corrected chi connectivity index (χ4v) is 3.61. The number of halogens is 2. The first-order valence-corrected chi connectivity index (χ1v) is 9.72. The van der Waals surface area contributed by atoms with Gasteiger partial charge in [0.05, 0.1) is 11.2 Å². The summed E-state index contributed by atoms with van der Waals surface area (Å²) >= 11 is 6.09. The van der Waals surface area contributed by atoms with Crippen LogP contribution in [0.1, 0.15) is 27.9 Å². The van der Waals surface area contributed by atoms with Gasteiger partial charge in [0, 0.05) is 29.0 Å². The molecular formula is C23H21ClFN3O. The largest absolute Gasteiger partial charge is 0.473 e. The molecule has 3 aromatic heterocycles. The van der Waals surface area contributed by atoms with Crippen LogP contribution in [0.2, 0.25) is 5.15 Å². The molecule has 0 amide bonds. The summed E-state index contributed by atoms with van der Waals surface area (Å²) in [5.74, 6) is 0.296. The highest BCUT2D eigenvalue weighted by molar-refractivity contribution is 6.30. The number of ether oxygens (including phenoxy) is 1.